The molecule has 0 saturated carbocycles. The van der Waals surface area contributed by atoms with Crippen LogP contribution in [0.2, 0.25) is 0 Å². The van der Waals surface area contributed by atoms with Crippen molar-refractivity contribution in [2.24, 2.45) is 0 Å². The smallest absolute Gasteiger partial charge is 0.0350 e. The lowest BCUT2D eigenvalue weighted by molar-refractivity contribution is 0.246. The van der Waals surface area contributed by atoms with Crippen LogP contribution in [0.5, 0.6) is 0 Å². The molecule has 2 N–H and O–H groups in total. The first-order valence-electron chi connectivity index (χ1n) is 7.87. The fraction of sp³-hybridized carbons (Fsp3) is 0.368. The van der Waals surface area contributed by atoms with Crippen LogP contribution in [0.1, 0.15) is 36.0 Å². The molecule has 0 saturated heterocycles. The maximum Gasteiger partial charge on any atom is 0.0350 e. The third kappa shape index (κ3) is 3.27. The SMILES string of the molecule is CC(CCN1CCc2c(N)cccc2C1)c1ccccc1. The Bertz CT molecular complexity index is 592. The summed E-state index contributed by atoms with van der Waals surface area (Å²) in [5.74, 6) is 0.619. The normalized spacial score (nSPS) is 16.4. The summed E-state index contributed by atoms with van der Waals surface area (Å²) in [5.41, 5.74) is 11.2. The maximum atomic E-state index is 6.07. The van der Waals surface area contributed by atoms with Crippen LogP contribution in [0.15, 0.2) is 48.5 Å². The first kappa shape index (κ1) is 14.2. The third-order valence-corrected chi connectivity index (χ3v) is 4.63. The number of rotatable bonds is 4. The highest BCUT2D eigenvalue weighted by Gasteiger charge is 2.18. The topological polar surface area (TPSA) is 29.3 Å². The van der Waals surface area contributed by atoms with E-state index in [1.807, 2.05) is 6.07 Å². The van der Waals surface area contributed by atoms with Crippen molar-refractivity contribution < 1.29 is 0 Å². The standard InChI is InChI=1S/C19H24N2/c1-15(16-6-3-2-4-7-16)10-12-21-13-11-18-17(14-21)8-5-9-19(18)20/h2-9,15H,10-14,20H2,1H3. The monoisotopic (exact) mass is 280 g/mol. The second-order valence-corrected chi connectivity index (χ2v) is 6.11. The Balaban J connectivity index is 1.58. The number of hydrogen-bond acceptors (Lipinski definition) is 2. The Labute approximate surface area is 127 Å². The van der Waals surface area contributed by atoms with Crippen molar-refractivity contribution in [3.8, 4) is 0 Å². The van der Waals surface area contributed by atoms with Gasteiger partial charge in [0.15, 0.2) is 0 Å². The van der Waals surface area contributed by atoms with Crippen molar-refractivity contribution in [3.63, 3.8) is 0 Å². The highest BCUT2D eigenvalue weighted by atomic mass is 15.1. The summed E-state index contributed by atoms with van der Waals surface area (Å²) in [7, 11) is 0. The molecule has 0 aliphatic carbocycles. The molecule has 1 unspecified atom stereocenters. The molecule has 2 aromatic carbocycles. The van der Waals surface area contributed by atoms with Crippen molar-refractivity contribution >= 4 is 5.69 Å². The van der Waals surface area contributed by atoms with Gasteiger partial charge in [-0.1, -0.05) is 49.4 Å². The summed E-state index contributed by atoms with van der Waals surface area (Å²) in [4.78, 5) is 2.56. The van der Waals surface area contributed by atoms with Gasteiger partial charge in [-0.15, -0.1) is 0 Å². The maximum absolute atomic E-state index is 6.07. The van der Waals surface area contributed by atoms with Gasteiger partial charge in [0.25, 0.3) is 0 Å². The van der Waals surface area contributed by atoms with Gasteiger partial charge in [0.05, 0.1) is 0 Å². The largest absolute Gasteiger partial charge is 0.398 e. The zero-order valence-corrected chi connectivity index (χ0v) is 12.8. The fourth-order valence-electron chi connectivity index (χ4n) is 3.21. The molecule has 2 nitrogen and oxygen atoms in total. The average molecular weight is 280 g/mol. The van der Waals surface area contributed by atoms with Crippen LogP contribution in [0.3, 0.4) is 0 Å². The van der Waals surface area contributed by atoms with Gasteiger partial charge in [0.1, 0.15) is 0 Å². The molecule has 2 aromatic rings. The molecule has 21 heavy (non-hydrogen) atoms. The van der Waals surface area contributed by atoms with Crippen LogP contribution in [0.25, 0.3) is 0 Å². The number of benzene rings is 2. The van der Waals surface area contributed by atoms with Crippen LogP contribution in [0, 0.1) is 0 Å². The molecule has 1 aliphatic rings. The average Bonchev–Trinajstić information content (AvgIpc) is 2.53. The summed E-state index contributed by atoms with van der Waals surface area (Å²) in [6.07, 6.45) is 2.30. The van der Waals surface area contributed by atoms with E-state index < -0.39 is 0 Å². The molecule has 0 spiro atoms. The molecule has 110 valence electrons. The Morgan fingerprint density at radius 1 is 1.10 bits per heavy atom. The molecule has 1 heterocycles. The van der Waals surface area contributed by atoms with Crippen molar-refractivity contribution in [1.82, 2.24) is 4.90 Å². The molecule has 3 rings (SSSR count). The van der Waals surface area contributed by atoms with Gasteiger partial charge in [-0.2, -0.15) is 0 Å². The molecule has 1 aliphatic heterocycles. The Kier molecular flexibility index (Phi) is 4.26. The van der Waals surface area contributed by atoms with E-state index in [0.717, 1.165) is 31.7 Å². The van der Waals surface area contributed by atoms with E-state index >= 15 is 0 Å². The Morgan fingerprint density at radius 2 is 1.90 bits per heavy atom. The second kappa shape index (κ2) is 6.31. The summed E-state index contributed by atoms with van der Waals surface area (Å²) in [6.45, 7) is 5.65. The van der Waals surface area contributed by atoms with Crippen molar-refractivity contribution in [2.45, 2.75) is 32.2 Å². The quantitative estimate of drug-likeness (QED) is 0.863. The zero-order chi connectivity index (χ0) is 14.7. The molecular formula is C19H24N2. The number of anilines is 1. The predicted octanol–water partition coefficient (Wildman–Crippen LogP) is 3.82. The minimum Gasteiger partial charge on any atom is -0.398 e. The zero-order valence-electron chi connectivity index (χ0n) is 12.8. The fourth-order valence-corrected chi connectivity index (χ4v) is 3.21. The predicted molar refractivity (Wildman–Crippen MR) is 89.3 cm³/mol. The van der Waals surface area contributed by atoms with E-state index in [9.17, 15) is 0 Å². The van der Waals surface area contributed by atoms with Gasteiger partial charge < -0.3 is 5.73 Å². The van der Waals surface area contributed by atoms with Gasteiger partial charge in [-0.3, -0.25) is 4.90 Å². The lowest BCUT2D eigenvalue weighted by atomic mass is 9.95. The van der Waals surface area contributed by atoms with Crippen molar-refractivity contribution in [2.75, 3.05) is 18.8 Å². The summed E-state index contributed by atoms with van der Waals surface area (Å²) in [5, 5.41) is 0. The highest BCUT2D eigenvalue weighted by Crippen LogP contribution is 2.25. The van der Waals surface area contributed by atoms with E-state index in [2.05, 4.69) is 54.3 Å². The lowest BCUT2D eigenvalue weighted by Crippen LogP contribution is -2.32. The summed E-state index contributed by atoms with van der Waals surface area (Å²) < 4.78 is 0. The Hall–Kier alpha value is -1.80. The minimum atomic E-state index is 0.619. The van der Waals surface area contributed by atoms with Gasteiger partial charge in [-0.25, -0.2) is 0 Å². The van der Waals surface area contributed by atoms with Crippen LogP contribution < -0.4 is 5.73 Å². The van der Waals surface area contributed by atoms with Crippen molar-refractivity contribution in [1.29, 1.82) is 0 Å². The molecule has 2 heteroatoms. The van der Waals surface area contributed by atoms with Crippen molar-refractivity contribution in [3.05, 3.63) is 65.2 Å². The number of fused-ring (bicyclic) bond motifs is 1. The van der Waals surface area contributed by atoms with E-state index in [0.29, 0.717) is 5.92 Å². The van der Waals surface area contributed by atoms with Crippen LogP contribution >= 0.6 is 0 Å². The second-order valence-electron chi connectivity index (χ2n) is 6.11. The van der Waals surface area contributed by atoms with E-state index in [-0.39, 0.29) is 0 Å². The summed E-state index contributed by atoms with van der Waals surface area (Å²) in [6, 6.07) is 17.1. The Morgan fingerprint density at radius 3 is 2.71 bits per heavy atom. The summed E-state index contributed by atoms with van der Waals surface area (Å²) >= 11 is 0. The molecule has 0 bridgehead atoms. The van der Waals surface area contributed by atoms with Crippen LogP contribution in [-0.2, 0) is 13.0 Å². The highest BCUT2D eigenvalue weighted by molar-refractivity contribution is 5.51. The van der Waals surface area contributed by atoms with Gasteiger partial charge in [0.2, 0.25) is 0 Å². The van der Waals surface area contributed by atoms with Crippen LogP contribution in [-0.4, -0.2) is 18.0 Å². The van der Waals surface area contributed by atoms with E-state index in [4.69, 9.17) is 5.73 Å². The molecule has 0 radical (unpaired) electrons. The number of nitrogen functional groups attached to an aromatic ring is 1. The van der Waals surface area contributed by atoms with E-state index in [1.54, 1.807) is 0 Å². The van der Waals surface area contributed by atoms with Gasteiger partial charge in [-0.05, 0) is 48.1 Å². The number of nitrogens with zero attached hydrogens (tertiary/aromatic N) is 1. The third-order valence-electron chi connectivity index (χ3n) is 4.63. The first-order valence-corrected chi connectivity index (χ1v) is 7.87. The lowest BCUT2D eigenvalue weighted by Gasteiger charge is -2.30. The molecule has 0 aromatic heterocycles. The number of nitrogens with two attached hydrogens (primary N) is 1. The minimum absolute atomic E-state index is 0.619. The molecule has 0 fully saturated rings. The van der Waals surface area contributed by atoms with Gasteiger partial charge in [0, 0.05) is 18.8 Å². The van der Waals surface area contributed by atoms with E-state index in [1.165, 1.54) is 23.1 Å². The molecule has 0 amide bonds. The molecule has 1 atom stereocenters. The molecular weight excluding hydrogens is 256 g/mol. The first-order chi connectivity index (χ1) is 10.2. The van der Waals surface area contributed by atoms with Gasteiger partial charge >= 0.3 is 0 Å². The van der Waals surface area contributed by atoms with Crippen LogP contribution in [0.4, 0.5) is 5.69 Å². The number of hydrogen-bond donors (Lipinski definition) is 1.